The second kappa shape index (κ2) is 6.08. The monoisotopic (exact) mass is 257 g/mol. The van der Waals surface area contributed by atoms with Gasteiger partial charge >= 0.3 is 0 Å². The zero-order valence-electron chi connectivity index (χ0n) is 11.0. The van der Waals surface area contributed by atoms with E-state index in [0.717, 1.165) is 6.54 Å². The summed E-state index contributed by atoms with van der Waals surface area (Å²) >= 11 is 3.83. The van der Waals surface area contributed by atoms with Crippen LogP contribution in [0, 0.1) is 0 Å². The van der Waals surface area contributed by atoms with Crippen molar-refractivity contribution in [3.8, 4) is 0 Å². The molecule has 0 fully saturated rings. The van der Waals surface area contributed by atoms with Gasteiger partial charge in [-0.15, -0.1) is 11.3 Å². The summed E-state index contributed by atoms with van der Waals surface area (Å²) in [5, 5.41) is 3.55. The molecule has 0 saturated heterocycles. The first kappa shape index (κ1) is 14.1. The maximum Gasteiger partial charge on any atom is 0.0302 e. The smallest absolute Gasteiger partial charge is 0.0302 e. The third-order valence-electron chi connectivity index (χ3n) is 2.44. The molecule has 1 aromatic rings. The largest absolute Gasteiger partial charge is 0.309 e. The topological polar surface area (TPSA) is 12.0 Å². The number of rotatable bonds is 5. The van der Waals surface area contributed by atoms with Gasteiger partial charge in [0.2, 0.25) is 0 Å². The summed E-state index contributed by atoms with van der Waals surface area (Å²) in [6, 6.07) is 5.11. The molecule has 16 heavy (non-hydrogen) atoms. The second-order valence-corrected chi connectivity index (χ2v) is 7.33. The van der Waals surface area contributed by atoms with E-state index in [-0.39, 0.29) is 5.41 Å². The SMILES string of the molecule is CSCC(C)NCc1ccc(C(C)(C)C)s1. The summed E-state index contributed by atoms with van der Waals surface area (Å²) < 4.78 is 0. The van der Waals surface area contributed by atoms with Gasteiger partial charge < -0.3 is 5.32 Å². The van der Waals surface area contributed by atoms with Crippen LogP contribution in [0.4, 0.5) is 0 Å². The highest BCUT2D eigenvalue weighted by Crippen LogP contribution is 2.29. The van der Waals surface area contributed by atoms with Crippen LogP contribution in [-0.2, 0) is 12.0 Å². The number of hydrogen-bond acceptors (Lipinski definition) is 3. The van der Waals surface area contributed by atoms with Crippen LogP contribution in [0.5, 0.6) is 0 Å². The average molecular weight is 257 g/mol. The molecule has 0 aliphatic carbocycles. The van der Waals surface area contributed by atoms with Crippen molar-refractivity contribution in [3.63, 3.8) is 0 Å². The molecule has 0 aliphatic heterocycles. The molecular formula is C13H23NS2. The Morgan fingerprint density at radius 3 is 2.56 bits per heavy atom. The number of nitrogens with one attached hydrogen (secondary N) is 1. The molecule has 92 valence electrons. The molecule has 0 saturated carbocycles. The van der Waals surface area contributed by atoms with Crippen molar-refractivity contribution in [2.75, 3.05) is 12.0 Å². The standard InChI is InChI=1S/C13H23NS2/c1-10(9-15-5)14-8-11-6-7-12(16-11)13(2,3)4/h6-7,10,14H,8-9H2,1-5H3. The van der Waals surface area contributed by atoms with Crippen LogP contribution < -0.4 is 5.32 Å². The van der Waals surface area contributed by atoms with E-state index in [0.29, 0.717) is 6.04 Å². The van der Waals surface area contributed by atoms with Crippen LogP contribution in [0.2, 0.25) is 0 Å². The Hall–Kier alpha value is 0.01000. The summed E-state index contributed by atoms with van der Waals surface area (Å²) in [5.74, 6) is 1.18. The van der Waals surface area contributed by atoms with Crippen LogP contribution in [0.1, 0.15) is 37.4 Å². The molecule has 1 rings (SSSR count). The third kappa shape index (κ3) is 4.48. The molecule has 0 aliphatic rings. The Kier molecular flexibility index (Phi) is 5.35. The Labute approximate surface area is 108 Å². The van der Waals surface area contributed by atoms with Gasteiger partial charge in [-0.1, -0.05) is 20.8 Å². The van der Waals surface area contributed by atoms with E-state index >= 15 is 0 Å². The van der Waals surface area contributed by atoms with Crippen molar-refractivity contribution in [1.29, 1.82) is 0 Å². The molecule has 0 aromatic carbocycles. The van der Waals surface area contributed by atoms with E-state index < -0.39 is 0 Å². The van der Waals surface area contributed by atoms with Crippen LogP contribution in [0.25, 0.3) is 0 Å². The summed E-state index contributed by atoms with van der Waals surface area (Å²) in [5.41, 5.74) is 0.286. The van der Waals surface area contributed by atoms with Gasteiger partial charge in [0, 0.05) is 28.1 Å². The van der Waals surface area contributed by atoms with E-state index in [1.165, 1.54) is 15.5 Å². The predicted molar refractivity (Wildman–Crippen MR) is 77.7 cm³/mol. The zero-order chi connectivity index (χ0) is 12.2. The van der Waals surface area contributed by atoms with Crippen LogP contribution in [0.3, 0.4) is 0 Å². The normalized spacial score (nSPS) is 14.1. The van der Waals surface area contributed by atoms with E-state index in [9.17, 15) is 0 Å². The fraction of sp³-hybridized carbons (Fsp3) is 0.692. The Balaban J connectivity index is 2.47. The van der Waals surface area contributed by atoms with E-state index in [4.69, 9.17) is 0 Å². The van der Waals surface area contributed by atoms with Crippen molar-refractivity contribution in [2.24, 2.45) is 0 Å². The molecule has 3 heteroatoms. The molecule has 1 N–H and O–H groups in total. The Morgan fingerprint density at radius 1 is 1.38 bits per heavy atom. The molecule has 1 heterocycles. The first-order valence-electron chi connectivity index (χ1n) is 5.75. The van der Waals surface area contributed by atoms with Gasteiger partial charge in [-0.2, -0.15) is 11.8 Å². The minimum Gasteiger partial charge on any atom is -0.309 e. The van der Waals surface area contributed by atoms with Crippen molar-refractivity contribution >= 4 is 23.1 Å². The Bertz CT molecular complexity index is 312. The fourth-order valence-electron chi connectivity index (χ4n) is 1.46. The summed E-state index contributed by atoms with van der Waals surface area (Å²) in [6.07, 6.45) is 2.15. The minimum absolute atomic E-state index is 0.286. The van der Waals surface area contributed by atoms with Gasteiger partial charge in [-0.3, -0.25) is 0 Å². The maximum absolute atomic E-state index is 3.55. The summed E-state index contributed by atoms with van der Waals surface area (Å²) in [7, 11) is 0. The summed E-state index contributed by atoms with van der Waals surface area (Å²) in [6.45, 7) is 10.1. The lowest BCUT2D eigenvalue weighted by atomic mass is 9.95. The first-order valence-corrected chi connectivity index (χ1v) is 7.96. The van der Waals surface area contributed by atoms with Crippen molar-refractivity contribution in [3.05, 3.63) is 21.9 Å². The van der Waals surface area contributed by atoms with Gasteiger partial charge in [0.1, 0.15) is 0 Å². The molecule has 1 aromatic heterocycles. The van der Waals surface area contributed by atoms with Crippen molar-refractivity contribution in [2.45, 2.75) is 45.7 Å². The lowest BCUT2D eigenvalue weighted by Gasteiger charge is -2.15. The molecular weight excluding hydrogens is 234 g/mol. The highest BCUT2D eigenvalue weighted by atomic mass is 32.2. The zero-order valence-corrected chi connectivity index (χ0v) is 12.6. The first-order chi connectivity index (χ1) is 7.43. The molecule has 1 atom stereocenters. The van der Waals surface area contributed by atoms with E-state index in [2.05, 4.69) is 51.4 Å². The third-order valence-corrected chi connectivity index (χ3v) is 4.79. The molecule has 1 unspecified atom stereocenters. The van der Waals surface area contributed by atoms with Crippen LogP contribution >= 0.6 is 23.1 Å². The minimum atomic E-state index is 0.286. The van der Waals surface area contributed by atoms with Crippen molar-refractivity contribution < 1.29 is 0 Å². The summed E-state index contributed by atoms with van der Waals surface area (Å²) in [4.78, 5) is 2.92. The highest BCUT2D eigenvalue weighted by molar-refractivity contribution is 7.98. The second-order valence-electron chi connectivity index (χ2n) is 5.25. The van der Waals surface area contributed by atoms with Crippen LogP contribution in [-0.4, -0.2) is 18.1 Å². The quantitative estimate of drug-likeness (QED) is 0.859. The van der Waals surface area contributed by atoms with E-state index in [1.807, 2.05) is 23.1 Å². The number of thiophene rings is 1. The highest BCUT2D eigenvalue weighted by Gasteiger charge is 2.15. The maximum atomic E-state index is 3.55. The predicted octanol–water partition coefficient (Wildman–Crippen LogP) is 3.89. The molecule has 0 amide bonds. The fourth-order valence-corrected chi connectivity index (χ4v) is 3.09. The van der Waals surface area contributed by atoms with Gasteiger partial charge in [0.15, 0.2) is 0 Å². The molecule has 1 nitrogen and oxygen atoms in total. The van der Waals surface area contributed by atoms with E-state index in [1.54, 1.807) is 0 Å². The van der Waals surface area contributed by atoms with Crippen LogP contribution in [0.15, 0.2) is 12.1 Å². The molecule has 0 bridgehead atoms. The lowest BCUT2D eigenvalue weighted by Crippen LogP contribution is -2.27. The van der Waals surface area contributed by atoms with Crippen molar-refractivity contribution in [1.82, 2.24) is 5.32 Å². The lowest BCUT2D eigenvalue weighted by molar-refractivity contribution is 0.600. The van der Waals surface area contributed by atoms with Gasteiger partial charge in [0.05, 0.1) is 0 Å². The number of hydrogen-bond donors (Lipinski definition) is 1. The van der Waals surface area contributed by atoms with Gasteiger partial charge in [-0.25, -0.2) is 0 Å². The molecule has 0 radical (unpaired) electrons. The Morgan fingerprint density at radius 2 is 2.06 bits per heavy atom. The molecule has 0 spiro atoms. The average Bonchev–Trinajstić information content (AvgIpc) is 2.63. The number of thioether (sulfide) groups is 1. The van der Waals surface area contributed by atoms with Gasteiger partial charge in [0.25, 0.3) is 0 Å². The van der Waals surface area contributed by atoms with Gasteiger partial charge in [-0.05, 0) is 30.7 Å².